The molecule has 11 heteroatoms. The Morgan fingerprint density at radius 3 is 2.76 bits per heavy atom. The number of likely N-dealkylation sites (tertiary alicyclic amines) is 1. The van der Waals surface area contributed by atoms with Gasteiger partial charge in [-0.15, -0.1) is 0 Å². The van der Waals surface area contributed by atoms with Gasteiger partial charge in [-0.3, -0.25) is 9.59 Å². The molecule has 0 bridgehead atoms. The summed E-state index contributed by atoms with van der Waals surface area (Å²) in [5.41, 5.74) is 3.66. The number of aliphatic hydroxyl groups excluding tert-OH is 1. The molecule has 1 aromatic carbocycles. The maximum Gasteiger partial charge on any atom is 0.286 e. The molecule has 2 aliphatic rings. The molecule has 37 heavy (non-hydrogen) atoms. The molecule has 2 amide bonds. The van der Waals surface area contributed by atoms with E-state index in [1.165, 1.54) is 13.3 Å². The number of fused-ring (bicyclic) bond motifs is 1. The van der Waals surface area contributed by atoms with Gasteiger partial charge < -0.3 is 25.0 Å². The molecule has 196 valence electrons. The third-order valence-electron chi connectivity index (χ3n) is 6.85. The topological polar surface area (TPSA) is 120 Å². The van der Waals surface area contributed by atoms with Gasteiger partial charge in [-0.25, -0.2) is 18.7 Å². The average Bonchev–Trinajstić information content (AvgIpc) is 3.54. The molecule has 1 aliphatic carbocycles. The summed E-state index contributed by atoms with van der Waals surface area (Å²) in [4.78, 5) is 38.1. The number of rotatable bonds is 7. The second-order valence-electron chi connectivity index (χ2n) is 10.0. The maximum absolute atomic E-state index is 14.7. The molecule has 0 spiro atoms. The lowest BCUT2D eigenvalue weighted by Gasteiger charge is -2.18. The number of H-pyrrole nitrogens is 1. The van der Waals surface area contributed by atoms with E-state index in [-0.39, 0.29) is 5.56 Å². The van der Waals surface area contributed by atoms with Crippen molar-refractivity contribution >= 4 is 22.8 Å². The number of ether oxygens (including phenoxy) is 1. The Kier molecular flexibility index (Phi) is 6.35. The summed E-state index contributed by atoms with van der Waals surface area (Å²) in [5.74, 6) is -3.67. The van der Waals surface area contributed by atoms with E-state index in [1.54, 1.807) is 6.92 Å². The van der Waals surface area contributed by atoms with Crippen molar-refractivity contribution in [2.24, 2.45) is 5.92 Å². The number of aliphatic hydroxyl groups is 1. The first kappa shape index (κ1) is 25.1. The zero-order valence-corrected chi connectivity index (χ0v) is 20.8. The van der Waals surface area contributed by atoms with Gasteiger partial charge in [0.05, 0.1) is 24.2 Å². The van der Waals surface area contributed by atoms with Crippen molar-refractivity contribution in [2.75, 3.05) is 19.7 Å². The van der Waals surface area contributed by atoms with Crippen molar-refractivity contribution in [1.29, 1.82) is 0 Å². The van der Waals surface area contributed by atoms with E-state index in [2.05, 4.69) is 20.3 Å². The Hall–Kier alpha value is -3.60. The summed E-state index contributed by atoms with van der Waals surface area (Å²) in [6.07, 6.45) is 2.23. The van der Waals surface area contributed by atoms with Gasteiger partial charge in [-0.2, -0.15) is 0 Å². The van der Waals surface area contributed by atoms with E-state index < -0.39 is 43.0 Å². The number of carbonyl (C=O) groups excluding carboxylic acids is 2. The largest absolute Gasteiger partial charge is 0.493 e. The van der Waals surface area contributed by atoms with Crippen molar-refractivity contribution in [1.82, 2.24) is 25.2 Å². The van der Waals surface area contributed by atoms with Crippen LogP contribution >= 0.6 is 0 Å². The Bertz CT molecular complexity index is 1370. The average molecular weight is 514 g/mol. The van der Waals surface area contributed by atoms with Crippen LogP contribution in [0.25, 0.3) is 22.3 Å². The molecule has 2 fully saturated rings. The van der Waals surface area contributed by atoms with E-state index in [9.17, 15) is 23.5 Å². The third kappa shape index (κ3) is 4.87. The highest BCUT2D eigenvalue weighted by Crippen LogP contribution is 2.37. The minimum atomic E-state index is -3.35. The van der Waals surface area contributed by atoms with Crippen LogP contribution in [-0.2, 0) is 4.79 Å². The highest BCUT2D eigenvalue weighted by molar-refractivity contribution is 6.09. The zero-order chi connectivity index (χ0) is 26.5. The van der Waals surface area contributed by atoms with Crippen LogP contribution in [0.15, 0.2) is 24.5 Å². The number of benzene rings is 1. The van der Waals surface area contributed by atoms with E-state index in [1.807, 2.05) is 25.1 Å². The SMILES string of the molecule is Cc1ccc(OCC2CC2)c(-c2ncnc3c(C(=O)N[C@@H]4CN(C(=O)[C@H](C)O)CC4(F)F)c(C)[nH]c23)c1. The molecule has 3 N–H and O–H groups in total. The van der Waals surface area contributed by atoms with E-state index >= 15 is 0 Å². The van der Waals surface area contributed by atoms with Crippen molar-refractivity contribution in [2.45, 2.75) is 51.7 Å². The molecular formula is C26H29F2N5O4. The highest BCUT2D eigenvalue weighted by atomic mass is 19.3. The molecule has 1 aliphatic heterocycles. The van der Waals surface area contributed by atoms with Gasteiger partial charge in [0.25, 0.3) is 17.7 Å². The Balaban J connectivity index is 1.46. The number of carbonyl (C=O) groups is 2. The monoisotopic (exact) mass is 513 g/mol. The summed E-state index contributed by atoms with van der Waals surface area (Å²) in [6.45, 7) is 4.17. The first-order chi connectivity index (χ1) is 17.5. The third-order valence-corrected chi connectivity index (χ3v) is 6.85. The second-order valence-corrected chi connectivity index (χ2v) is 10.0. The van der Waals surface area contributed by atoms with Crippen molar-refractivity contribution in [3.05, 3.63) is 41.3 Å². The number of amides is 2. The maximum atomic E-state index is 14.7. The number of hydrogen-bond donors (Lipinski definition) is 3. The van der Waals surface area contributed by atoms with E-state index in [0.29, 0.717) is 40.7 Å². The van der Waals surface area contributed by atoms with Crippen molar-refractivity contribution < 1.29 is 28.2 Å². The normalized spacial score (nSPS) is 19.7. The summed E-state index contributed by atoms with van der Waals surface area (Å²) >= 11 is 0. The fourth-order valence-corrected chi connectivity index (χ4v) is 4.65. The molecule has 2 atom stereocenters. The molecular weight excluding hydrogens is 484 g/mol. The van der Waals surface area contributed by atoms with E-state index in [0.717, 1.165) is 28.9 Å². The fourth-order valence-electron chi connectivity index (χ4n) is 4.65. The number of alkyl halides is 2. The number of aromatic nitrogens is 3. The molecule has 3 aromatic rings. The van der Waals surface area contributed by atoms with Crippen LogP contribution in [0.2, 0.25) is 0 Å². The van der Waals surface area contributed by atoms with Gasteiger partial charge >= 0.3 is 0 Å². The van der Waals surface area contributed by atoms with Gasteiger partial charge in [0.1, 0.15) is 35.4 Å². The molecule has 1 saturated carbocycles. The number of aryl methyl sites for hydroxylation is 2. The minimum absolute atomic E-state index is 0.128. The van der Waals surface area contributed by atoms with Crippen LogP contribution in [0, 0.1) is 19.8 Å². The molecule has 0 unspecified atom stereocenters. The van der Waals surface area contributed by atoms with Gasteiger partial charge in [0.2, 0.25) is 0 Å². The Morgan fingerprint density at radius 1 is 1.30 bits per heavy atom. The predicted molar refractivity (Wildman–Crippen MR) is 131 cm³/mol. The number of nitrogens with one attached hydrogen (secondary N) is 2. The number of halogens is 2. The van der Waals surface area contributed by atoms with Crippen LogP contribution in [0.4, 0.5) is 8.78 Å². The number of nitrogens with zero attached hydrogens (tertiary/aromatic N) is 3. The predicted octanol–water partition coefficient (Wildman–Crippen LogP) is 2.99. The first-order valence-corrected chi connectivity index (χ1v) is 12.3. The zero-order valence-electron chi connectivity index (χ0n) is 20.8. The summed E-state index contributed by atoms with van der Waals surface area (Å²) in [5, 5.41) is 11.9. The van der Waals surface area contributed by atoms with Gasteiger partial charge in [0, 0.05) is 17.8 Å². The van der Waals surface area contributed by atoms with Gasteiger partial charge in [0.15, 0.2) is 0 Å². The molecule has 1 saturated heterocycles. The van der Waals surface area contributed by atoms with Crippen LogP contribution in [-0.4, -0.2) is 74.5 Å². The lowest BCUT2D eigenvalue weighted by molar-refractivity contribution is -0.139. The van der Waals surface area contributed by atoms with Crippen LogP contribution in [0.5, 0.6) is 5.75 Å². The van der Waals surface area contributed by atoms with Crippen LogP contribution < -0.4 is 10.1 Å². The summed E-state index contributed by atoms with van der Waals surface area (Å²) in [7, 11) is 0. The van der Waals surface area contributed by atoms with Crippen molar-refractivity contribution in [3.8, 4) is 17.0 Å². The van der Waals surface area contributed by atoms with Crippen LogP contribution in [0.1, 0.15) is 41.4 Å². The Morgan fingerprint density at radius 2 is 2.05 bits per heavy atom. The van der Waals surface area contributed by atoms with Gasteiger partial charge in [-0.05, 0) is 51.7 Å². The van der Waals surface area contributed by atoms with Gasteiger partial charge in [-0.1, -0.05) is 11.6 Å². The molecule has 5 rings (SSSR count). The van der Waals surface area contributed by atoms with Crippen LogP contribution in [0.3, 0.4) is 0 Å². The highest BCUT2D eigenvalue weighted by Gasteiger charge is 2.51. The number of aromatic amines is 1. The molecule has 0 radical (unpaired) electrons. The molecule has 2 aromatic heterocycles. The summed E-state index contributed by atoms with van der Waals surface area (Å²) in [6, 6.07) is 4.20. The Labute approximate surface area is 212 Å². The summed E-state index contributed by atoms with van der Waals surface area (Å²) < 4.78 is 35.4. The first-order valence-electron chi connectivity index (χ1n) is 12.3. The fraction of sp³-hybridized carbons (Fsp3) is 0.462. The molecule has 9 nitrogen and oxygen atoms in total. The number of hydrogen-bond acceptors (Lipinski definition) is 6. The lowest BCUT2D eigenvalue weighted by atomic mass is 10.1. The quantitative estimate of drug-likeness (QED) is 0.447. The second kappa shape index (κ2) is 9.37. The minimum Gasteiger partial charge on any atom is -0.493 e. The molecule has 3 heterocycles. The smallest absolute Gasteiger partial charge is 0.286 e. The van der Waals surface area contributed by atoms with E-state index in [4.69, 9.17) is 4.74 Å². The van der Waals surface area contributed by atoms with Crippen molar-refractivity contribution in [3.63, 3.8) is 0 Å². The standard InChI is InChI=1S/C26H29F2N5O4/c1-13-4-7-18(37-10-16-5-6-16)17(8-13)21-23-22(30-12-29-21)20(14(2)31-23)24(35)32-19-9-33(11-26(19,27)28)25(36)15(3)34/h4,7-8,12,15-16,19,31,34H,5-6,9-11H2,1-3H3,(H,32,35)/t15-,19+/m0/s1. The lowest BCUT2D eigenvalue weighted by Crippen LogP contribution is -2.47.